The maximum atomic E-state index is 10.9. The van der Waals surface area contributed by atoms with Crippen molar-refractivity contribution in [3.8, 4) is 6.19 Å². The molecule has 0 aliphatic rings. The van der Waals surface area contributed by atoms with Crippen molar-refractivity contribution in [2.24, 2.45) is 11.1 Å². The van der Waals surface area contributed by atoms with Gasteiger partial charge in [0, 0.05) is 0 Å². The number of nitriles is 1. The average Bonchev–Trinajstić information content (AvgIpc) is 1.85. The lowest BCUT2D eigenvalue weighted by molar-refractivity contribution is -0.123. The van der Waals surface area contributed by atoms with Crippen LogP contribution >= 0.6 is 0 Å². The Hall–Kier alpha value is -1.08. The Bertz CT molecular complexity index is 187. The summed E-state index contributed by atoms with van der Waals surface area (Å²) in [6, 6.07) is -0.637. The van der Waals surface area contributed by atoms with Crippen LogP contribution in [0.1, 0.15) is 20.8 Å². The van der Waals surface area contributed by atoms with Crippen LogP contribution < -0.4 is 11.1 Å². The minimum Gasteiger partial charge on any atom is -0.319 e. The molecular weight excluding hydrogens is 142 g/mol. The van der Waals surface area contributed by atoms with E-state index >= 15 is 0 Å². The topological polar surface area (TPSA) is 78.9 Å². The number of nitrogens with one attached hydrogen (secondary N) is 1. The van der Waals surface area contributed by atoms with Crippen LogP contribution in [0.25, 0.3) is 0 Å². The standard InChI is InChI=1S/C7H13N3O/c1-7(2,3)5(9)6(11)10-4-8/h5H,9H2,1-3H3,(H,10,11)/t5-/m0/s1. The monoisotopic (exact) mass is 155 g/mol. The second-order valence-electron chi connectivity index (χ2n) is 3.44. The molecule has 0 heterocycles. The van der Waals surface area contributed by atoms with E-state index < -0.39 is 11.9 Å². The van der Waals surface area contributed by atoms with Gasteiger partial charge in [0.25, 0.3) is 0 Å². The lowest BCUT2D eigenvalue weighted by Crippen LogP contribution is -2.47. The molecule has 0 bridgehead atoms. The first-order chi connectivity index (χ1) is 4.89. The summed E-state index contributed by atoms with van der Waals surface area (Å²) in [5, 5.41) is 10.1. The lowest BCUT2D eigenvalue weighted by Gasteiger charge is -2.24. The molecule has 0 aliphatic heterocycles. The van der Waals surface area contributed by atoms with E-state index in [1.807, 2.05) is 26.1 Å². The molecule has 3 N–H and O–H groups in total. The number of nitrogens with two attached hydrogens (primary N) is 1. The average molecular weight is 155 g/mol. The second-order valence-corrected chi connectivity index (χ2v) is 3.44. The predicted octanol–water partition coefficient (Wildman–Crippen LogP) is -0.0429. The van der Waals surface area contributed by atoms with Crippen LogP contribution in [0, 0.1) is 16.9 Å². The molecule has 0 saturated heterocycles. The molecule has 1 atom stereocenters. The van der Waals surface area contributed by atoms with E-state index in [0.29, 0.717) is 0 Å². The summed E-state index contributed by atoms with van der Waals surface area (Å²) in [7, 11) is 0. The summed E-state index contributed by atoms with van der Waals surface area (Å²) in [5.74, 6) is -0.431. The van der Waals surface area contributed by atoms with Gasteiger partial charge in [0.05, 0.1) is 6.04 Å². The SMILES string of the molecule is CC(C)(C)[C@@H](N)C(=O)NC#N. The summed E-state index contributed by atoms with van der Waals surface area (Å²) in [6.07, 6.45) is 1.54. The van der Waals surface area contributed by atoms with E-state index in [2.05, 4.69) is 0 Å². The number of carbonyl (C=O) groups is 1. The first-order valence-electron chi connectivity index (χ1n) is 3.34. The van der Waals surface area contributed by atoms with Crippen molar-refractivity contribution in [1.29, 1.82) is 5.26 Å². The number of rotatable bonds is 1. The first kappa shape index (κ1) is 9.92. The van der Waals surface area contributed by atoms with Crippen LogP contribution in [0.15, 0.2) is 0 Å². The fourth-order valence-corrected chi connectivity index (χ4v) is 0.526. The molecule has 62 valence electrons. The number of hydrogen-bond donors (Lipinski definition) is 2. The smallest absolute Gasteiger partial charge is 0.250 e. The number of amides is 1. The van der Waals surface area contributed by atoms with Gasteiger partial charge < -0.3 is 5.73 Å². The molecule has 4 nitrogen and oxygen atoms in total. The van der Waals surface area contributed by atoms with Crippen molar-refractivity contribution in [1.82, 2.24) is 5.32 Å². The minimum atomic E-state index is -0.637. The van der Waals surface area contributed by atoms with Gasteiger partial charge in [-0.15, -0.1) is 0 Å². The van der Waals surface area contributed by atoms with Crippen molar-refractivity contribution in [3.05, 3.63) is 0 Å². The van der Waals surface area contributed by atoms with E-state index in [4.69, 9.17) is 11.0 Å². The molecule has 0 aromatic carbocycles. The summed E-state index contributed by atoms with van der Waals surface area (Å²) < 4.78 is 0. The second kappa shape index (κ2) is 3.35. The molecule has 0 unspecified atom stereocenters. The number of nitrogens with zero attached hydrogens (tertiary/aromatic N) is 1. The molecule has 0 aromatic rings. The molecule has 1 amide bonds. The Morgan fingerprint density at radius 1 is 1.64 bits per heavy atom. The summed E-state index contributed by atoms with van der Waals surface area (Å²) in [4.78, 5) is 10.9. The minimum absolute atomic E-state index is 0.305. The fourth-order valence-electron chi connectivity index (χ4n) is 0.526. The van der Waals surface area contributed by atoms with Gasteiger partial charge >= 0.3 is 0 Å². The van der Waals surface area contributed by atoms with E-state index in [1.54, 1.807) is 6.19 Å². The zero-order chi connectivity index (χ0) is 9.07. The highest BCUT2D eigenvalue weighted by Crippen LogP contribution is 2.16. The molecule has 0 aromatic heterocycles. The van der Waals surface area contributed by atoms with Gasteiger partial charge in [0.15, 0.2) is 6.19 Å². The molecule has 0 spiro atoms. The highest BCUT2D eigenvalue weighted by atomic mass is 16.2. The highest BCUT2D eigenvalue weighted by molar-refractivity contribution is 5.83. The predicted molar refractivity (Wildman–Crippen MR) is 41.2 cm³/mol. The first-order valence-corrected chi connectivity index (χ1v) is 3.34. The fraction of sp³-hybridized carbons (Fsp3) is 0.714. The van der Waals surface area contributed by atoms with Gasteiger partial charge in [-0.2, -0.15) is 5.26 Å². The van der Waals surface area contributed by atoms with Crippen LogP contribution in [-0.2, 0) is 4.79 Å². The molecule has 0 aliphatic carbocycles. The Balaban J connectivity index is 4.17. The molecule has 4 heteroatoms. The molecule has 11 heavy (non-hydrogen) atoms. The lowest BCUT2D eigenvalue weighted by atomic mass is 9.87. The van der Waals surface area contributed by atoms with Gasteiger partial charge in [0.1, 0.15) is 0 Å². The zero-order valence-corrected chi connectivity index (χ0v) is 7.01. The maximum Gasteiger partial charge on any atom is 0.250 e. The van der Waals surface area contributed by atoms with Gasteiger partial charge in [-0.25, -0.2) is 0 Å². The third-order valence-electron chi connectivity index (χ3n) is 1.39. The third-order valence-corrected chi connectivity index (χ3v) is 1.39. The summed E-state index contributed by atoms with van der Waals surface area (Å²) in [6.45, 7) is 5.53. The number of hydrogen-bond acceptors (Lipinski definition) is 3. The van der Waals surface area contributed by atoms with E-state index in [1.165, 1.54) is 0 Å². The van der Waals surface area contributed by atoms with Crippen LogP contribution in [0.2, 0.25) is 0 Å². The van der Waals surface area contributed by atoms with Crippen molar-refractivity contribution >= 4 is 5.91 Å². The molecule has 0 rings (SSSR count). The van der Waals surface area contributed by atoms with Crippen molar-refractivity contribution < 1.29 is 4.79 Å². The number of carbonyl (C=O) groups excluding carboxylic acids is 1. The van der Waals surface area contributed by atoms with E-state index in [0.717, 1.165) is 0 Å². The normalized spacial score (nSPS) is 13.4. The van der Waals surface area contributed by atoms with Gasteiger partial charge in [0.2, 0.25) is 5.91 Å². The van der Waals surface area contributed by atoms with Crippen molar-refractivity contribution in [3.63, 3.8) is 0 Å². The van der Waals surface area contributed by atoms with Crippen molar-refractivity contribution in [2.75, 3.05) is 0 Å². The van der Waals surface area contributed by atoms with Crippen LogP contribution in [0.3, 0.4) is 0 Å². The van der Waals surface area contributed by atoms with Gasteiger partial charge in [-0.05, 0) is 5.41 Å². The van der Waals surface area contributed by atoms with Crippen LogP contribution in [0.4, 0.5) is 0 Å². The van der Waals surface area contributed by atoms with E-state index in [9.17, 15) is 4.79 Å². The van der Waals surface area contributed by atoms with Crippen LogP contribution in [-0.4, -0.2) is 11.9 Å². The molecule has 0 radical (unpaired) electrons. The Morgan fingerprint density at radius 2 is 2.09 bits per heavy atom. The Kier molecular flexibility index (Phi) is 3.02. The largest absolute Gasteiger partial charge is 0.319 e. The van der Waals surface area contributed by atoms with Crippen LogP contribution in [0.5, 0.6) is 0 Å². The Morgan fingerprint density at radius 3 is 2.36 bits per heavy atom. The summed E-state index contributed by atoms with van der Waals surface area (Å²) >= 11 is 0. The zero-order valence-electron chi connectivity index (χ0n) is 7.01. The quantitative estimate of drug-likeness (QED) is 0.412. The van der Waals surface area contributed by atoms with Gasteiger partial charge in [-0.3, -0.25) is 10.1 Å². The molecule has 0 fully saturated rings. The highest BCUT2D eigenvalue weighted by Gasteiger charge is 2.26. The van der Waals surface area contributed by atoms with Crippen molar-refractivity contribution in [2.45, 2.75) is 26.8 Å². The van der Waals surface area contributed by atoms with Gasteiger partial charge in [-0.1, -0.05) is 20.8 Å². The molecular formula is C7H13N3O. The maximum absolute atomic E-state index is 10.9. The Labute approximate surface area is 66.4 Å². The molecule has 0 saturated carbocycles. The van der Waals surface area contributed by atoms with E-state index in [-0.39, 0.29) is 5.41 Å². The third kappa shape index (κ3) is 3.01. The summed E-state index contributed by atoms with van der Waals surface area (Å²) in [5.41, 5.74) is 5.21.